The predicted molar refractivity (Wildman–Crippen MR) is 179 cm³/mol. The summed E-state index contributed by atoms with van der Waals surface area (Å²) in [5.41, 5.74) is 5.93. The van der Waals surface area contributed by atoms with E-state index in [4.69, 9.17) is 35.3 Å². The quantitative estimate of drug-likeness (QED) is 0.0468. The highest BCUT2D eigenvalue weighted by Crippen LogP contribution is 2.32. The Labute approximate surface area is 286 Å². The first-order valence-electron chi connectivity index (χ1n) is 16.2. The van der Waals surface area contributed by atoms with E-state index in [2.05, 4.69) is 22.3 Å². The van der Waals surface area contributed by atoms with Gasteiger partial charge in [-0.2, -0.15) is 10.2 Å². The number of methoxy groups -OCH3 is 1. The number of amidine groups is 1. The molecule has 2 aromatic carbocycles. The third kappa shape index (κ3) is 10.8. The zero-order chi connectivity index (χ0) is 36.1. The lowest BCUT2D eigenvalue weighted by atomic mass is 9.97. The Morgan fingerprint density at radius 2 is 1.71 bits per heavy atom. The van der Waals surface area contributed by atoms with E-state index in [-0.39, 0.29) is 37.6 Å². The molecule has 0 saturated heterocycles. The topological polar surface area (TPSA) is 198 Å². The molecular formula is C34H48N6O9. The summed E-state index contributed by atoms with van der Waals surface area (Å²) in [4.78, 5) is 46.6. The highest BCUT2D eigenvalue weighted by atomic mass is 17.1. The molecule has 1 aliphatic rings. The minimum absolute atomic E-state index is 0.0963. The number of esters is 2. The van der Waals surface area contributed by atoms with Gasteiger partial charge in [0.05, 0.1) is 17.4 Å². The number of unbranched alkanes of at least 4 members (excludes halogenated alkanes) is 1. The van der Waals surface area contributed by atoms with Crippen LogP contribution in [0.3, 0.4) is 0 Å². The summed E-state index contributed by atoms with van der Waals surface area (Å²) in [5.74, 6) is 3.34. The van der Waals surface area contributed by atoms with Crippen molar-refractivity contribution in [2.75, 3.05) is 7.11 Å². The van der Waals surface area contributed by atoms with Gasteiger partial charge in [0.25, 0.3) is 0 Å². The van der Waals surface area contributed by atoms with Gasteiger partial charge in [0.1, 0.15) is 12.1 Å². The van der Waals surface area contributed by atoms with Crippen LogP contribution in [0, 0.1) is 11.8 Å². The molecule has 1 saturated carbocycles. The molecule has 2 aromatic rings. The monoisotopic (exact) mass is 684 g/mol. The van der Waals surface area contributed by atoms with Crippen LogP contribution in [-0.2, 0) is 40.0 Å². The van der Waals surface area contributed by atoms with Crippen molar-refractivity contribution in [3.05, 3.63) is 59.7 Å². The maximum Gasteiger partial charge on any atom is 0.332 e. The molecule has 0 radical (unpaired) electrons. The van der Waals surface area contributed by atoms with Crippen molar-refractivity contribution in [3.8, 4) is 11.1 Å². The van der Waals surface area contributed by atoms with Crippen LogP contribution in [0.2, 0.25) is 0 Å². The number of rotatable bonds is 17. The lowest BCUT2D eigenvalue weighted by Gasteiger charge is -2.34. The Kier molecular flexibility index (Phi) is 15.1. The summed E-state index contributed by atoms with van der Waals surface area (Å²) in [7, 11) is 1.42. The van der Waals surface area contributed by atoms with Crippen molar-refractivity contribution in [1.29, 1.82) is 0 Å². The van der Waals surface area contributed by atoms with E-state index in [1.54, 1.807) is 0 Å². The molecule has 0 bridgehead atoms. The first-order valence-corrected chi connectivity index (χ1v) is 16.2. The van der Waals surface area contributed by atoms with Crippen molar-refractivity contribution in [1.82, 2.24) is 15.7 Å². The molecule has 1 fully saturated rings. The van der Waals surface area contributed by atoms with Crippen molar-refractivity contribution in [2.24, 2.45) is 27.9 Å². The lowest BCUT2D eigenvalue weighted by Crippen LogP contribution is -2.49. The fourth-order valence-electron chi connectivity index (χ4n) is 5.88. The molecule has 5 N–H and O–H groups in total. The summed E-state index contributed by atoms with van der Waals surface area (Å²) in [5, 5.41) is 25.1. The third-order valence-electron chi connectivity index (χ3n) is 8.27. The third-order valence-corrected chi connectivity index (χ3v) is 8.27. The first kappa shape index (κ1) is 39.0. The van der Waals surface area contributed by atoms with Gasteiger partial charge in [-0.05, 0) is 41.9 Å². The number of hydrogen-bond acceptors (Lipinski definition) is 13. The van der Waals surface area contributed by atoms with Crippen molar-refractivity contribution < 1.29 is 43.8 Å². The minimum Gasteiger partial charge on any atom is -0.425 e. The SMILES string of the molecule is C=NN/C(=N\N)c1ccccc1-c1ccc(CN(C(=O)CCCC)[C@H](C(=O)O[C@@H](C)OC(=O)[C@@H]2C[C@H](OC)[C@@H](ON(O)O)C2)C(C)C)cc1. The highest BCUT2D eigenvalue weighted by Gasteiger charge is 2.42. The second kappa shape index (κ2) is 19.0. The van der Waals surface area contributed by atoms with Crippen molar-refractivity contribution in [2.45, 2.75) is 90.9 Å². The number of carbonyl (C=O) groups excluding carboxylic acids is 3. The van der Waals surface area contributed by atoms with Gasteiger partial charge < -0.3 is 25.0 Å². The summed E-state index contributed by atoms with van der Waals surface area (Å²) in [6.45, 7) is 10.6. The molecule has 49 heavy (non-hydrogen) atoms. The van der Waals surface area contributed by atoms with E-state index in [1.807, 2.05) is 69.3 Å². The number of nitrogens with one attached hydrogen (secondary N) is 1. The van der Waals surface area contributed by atoms with Crippen LogP contribution < -0.4 is 11.3 Å². The van der Waals surface area contributed by atoms with E-state index in [0.29, 0.717) is 12.3 Å². The number of benzene rings is 2. The Morgan fingerprint density at radius 3 is 2.31 bits per heavy atom. The number of hydrazone groups is 2. The minimum atomic E-state index is -1.26. The summed E-state index contributed by atoms with van der Waals surface area (Å²) in [6.07, 6.45) is -0.636. The van der Waals surface area contributed by atoms with Gasteiger partial charge in [0.2, 0.25) is 12.2 Å². The maximum atomic E-state index is 13.7. The second-order valence-corrected chi connectivity index (χ2v) is 12.1. The molecule has 268 valence electrons. The van der Waals surface area contributed by atoms with Crippen LogP contribution in [0.4, 0.5) is 0 Å². The molecule has 0 spiro atoms. The van der Waals surface area contributed by atoms with Gasteiger partial charge in [-0.15, -0.1) is 0 Å². The van der Waals surface area contributed by atoms with Crippen LogP contribution in [-0.4, -0.2) is 82.8 Å². The van der Waals surface area contributed by atoms with Crippen molar-refractivity contribution in [3.63, 3.8) is 0 Å². The van der Waals surface area contributed by atoms with Crippen molar-refractivity contribution >= 4 is 30.4 Å². The Morgan fingerprint density at radius 1 is 1.04 bits per heavy atom. The van der Waals surface area contributed by atoms with Gasteiger partial charge in [-0.1, -0.05) is 75.7 Å². The second-order valence-electron chi connectivity index (χ2n) is 12.1. The first-order chi connectivity index (χ1) is 23.4. The van der Waals surface area contributed by atoms with Crippen LogP contribution in [0.1, 0.15) is 70.9 Å². The van der Waals surface area contributed by atoms with E-state index in [9.17, 15) is 14.4 Å². The fraction of sp³-hybridized carbons (Fsp3) is 0.500. The summed E-state index contributed by atoms with van der Waals surface area (Å²) >= 11 is 0. The molecule has 0 aromatic heterocycles. The normalized spacial score (nSPS) is 19.0. The van der Waals surface area contributed by atoms with Crippen LogP contribution >= 0.6 is 0 Å². The smallest absolute Gasteiger partial charge is 0.332 e. The molecule has 5 atom stereocenters. The highest BCUT2D eigenvalue weighted by molar-refractivity contribution is 6.04. The fourth-order valence-corrected chi connectivity index (χ4v) is 5.88. The molecule has 1 aliphatic carbocycles. The zero-order valence-electron chi connectivity index (χ0n) is 28.7. The van der Waals surface area contributed by atoms with E-state index < -0.39 is 47.8 Å². The predicted octanol–water partition coefficient (Wildman–Crippen LogP) is 3.96. The molecule has 1 amide bonds. The van der Waals surface area contributed by atoms with Crippen LogP contribution in [0.5, 0.6) is 0 Å². The maximum absolute atomic E-state index is 13.7. The Balaban J connectivity index is 1.78. The van der Waals surface area contributed by atoms with Crippen LogP contribution in [0.25, 0.3) is 11.1 Å². The largest absolute Gasteiger partial charge is 0.425 e. The van der Waals surface area contributed by atoms with Gasteiger partial charge in [-0.3, -0.25) is 25.4 Å². The Bertz CT molecular complexity index is 1440. The number of amides is 1. The number of carbonyl (C=O) groups is 3. The number of nitrogens with two attached hydrogens (primary N) is 1. The molecule has 15 heteroatoms. The average molecular weight is 685 g/mol. The number of ether oxygens (including phenoxy) is 3. The summed E-state index contributed by atoms with van der Waals surface area (Å²) < 4.78 is 16.3. The van der Waals surface area contributed by atoms with E-state index in [1.165, 1.54) is 18.9 Å². The number of hydrogen-bond donors (Lipinski definition) is 4. The molecule has 0 aliphatic heterocycles. The summed E-state index contributed by atoms with van der Waals surface area (Å²) in [6, 6.07) is 14.2. The van der Waals surface area contributed by atoms with Gasteiger partial charge in [0, 0.05) is 39.3 Å². The molecule has 3 rings (SSSR count). The average Bonchev–Trinajstić information content (AvgIpc) is 3.48. The number of nitrogens with zero attached hydrogens (tertiary/aromatic N) is 4. The molecule has 15 nitrogen and oxygen atoms in total. The Hall–Kier alpha value is -4.41. The molecular weight excluding hydrogens is 636 g/mol. The van der Waals surface area contributed by atoms with E-state index in [0.717, 1.165) is 28.7 Å². The van der Waals surface area contributed by atoms with Gasteiger partial charge in [-0.25, -0.2) is 9.63 Å². The van der Waals surface area contributed by atoms with Crippen LogP contribution in [0.15, 0.2) is 58.7 Å². The zero-order valence-corrected chi connectivity index (χ0v) is 28.7. The van der Waals surface area contributed by atoms with E-state index >= 15 is 0 Å². The van der Waals surface area contributed by atoms with Gasteiger partial charge >= 0.3 is 11.9 Å². The lowest BCUT2D eigenvalue weighted by molar-refractivity contribution is -0.507. The standard InChI is InChI=1S/C34H48N6O9/c1-7-8-13-30(41)39(20-23-14-16-24(17-15-23)26-11-9-10-12-27(26)32(37-35)38-36-5)31(21(2)3)34(43)48-22(4)47-33(42)25-18-28(46-6)29(19-25)49-40(44)45/h9-12,14-17,21-22,25,28-29,31,44-45H,5,7-8,13,18-20,35H2,1-4,6H3,(H,37,38)/t22-,25+,28-,29-,31-/m0/s1. The molecule has 0 heterocycles. The molecule has 0 unspecified atom stereocenters. The van der Waals surface area contributed by atoms with Gasteiger partial charge in [0.15, 0.2) is 5.84 Å².